The highest BCUT2D eigenvalue weighted by molar-refractivity contribution is 9.10. The summed E-state index contributed by atoms with van der Waals surface area (Å²) in [6.45, 7) is 0. The molecule has 0 spiro atoms. The van der Waals surface area contributed by atoms with E-state index in [4.69, 9.17) is 4.74 Å². The lowest BCUT2D eigenvalue weighted by Crippen LogP contribution is -2.11. The van der Waals surface area contributed by atoms with Crippen LogP contribution in [0.2, 0.25) is 0 Å². The Balaban J connectivity index is 1.34. The Kier molecular flexibility index (Phi) is 7.22. The third-order valence-electron chi connectivity index (χ3n) is 4.63. The Morgan fingerprint density at radius 1 is 0.576 bits per heavy atom. The molecule has 33 heavy (non-hydrogen) atoms. The quantitative estimate of drug-likeness (QED) is 0.254. The third-order valence-corrected chi connectivity index (χ3v) is 5.62. The number of ether oxygens (including phenoxy) is 1. The minimum atomic E-state index is -0.189. The van der Waals surface area contributed by atoms with Crippen molar-refractivity contribution in [1.82, 2.24) is 0 Å². The van der Waals surface area contributed by atoms with Gasteiger partial charge in [-0.1, -0.05) is 44.0 Å². The molecule has 0 aliphatic carbocycles. The van der Waals surface area contributed by atoms with Crippen molar-refractivity contribution in [1.29, 1.82) is 0 Å². The number of amides is 2. The molecule has 0 aliphatic rings. The second-order valence-corrected chi connectivity index (χ2v) is 8.91. The standard InChI is InChI=1S/C26H18Br2N2O3/c27-19-5-1-3-17(15-19)25(31)29-21-7-11-23(12-8-21)33-24-13-9-22(10-14-24)30-26(32)18-4-2-6-20(28)16-18/h1-16H,(H,29,31)(H,30,32). The Bertz CT molecular complexity index is 1190. The van der Waals surface area contributed by atoms with Crippen molar-refractivity contribution in [3.05, 3.63) is 117 Å². The lowest BCUT2D eigenvalue weighted by atomic mass is 10.2. The molecule has 4 aromatic carbocycles. The second kappa shape index (κ2) is 10.5. The lowest BCUT2D eigenvalue weighted by Gasteiger charge is -2.10. The minimum absolute atomic E-state index is 0.189. The zero-order chi connectivity index (χ0) is 23.2. The normalized spacial score (nSPS) is 10.4. The molecule has 164 valence electrons. The van der Waals surface area contributed by atoms with Gasteiger partial charge in [0, 0.05) is 31.4 Å². The van der Waals surface area contributed by atoms with Crippen LogP contribution in [0.1, 0.15) is 20.7 Å². The number of rotatable bonds is 6. The molecule has 0 saturated carbocycles. The maximum absolute atomic E-state index is 12.4. The number of carbonyl (C=O) groups is 2. The summed E-state index contributed by atoms with van der Waals surface area (Å²) >= 11 is 6.73. The van der Waals surface area contributed by atoms with Crippen LogP contribution in [0, 0.1) is 0 Å². The largest absolute Gasteiger partial charge is 0.457 e. The molecule has 0 radical (unpaired) electrons. The summed E-state index contributed by atoms with van der Waals surface area (Å²) < 4.78 is 7.55. The van der Waals surface area contributed by atoms with Gasteiger partial charge >= 0.3 is 0 Å². The van der Waals surface area contributed by atoms with Crippen molar-refractivity contribution in [3.63, 3.8) is 0 Å². The third kappa shape index (κ3) is 6.31. The number of nitrogens with one attached hydrogen (secondary N) is 2. The monoisotopic (exact) mass is 564 g/mol. The van der Waals surface area contributed by atoms with Gasteiger partial charge in [0.1, 0.15) is 11.5 Å². The Morgan fingerprint density at radius 2 is 0.970 bits per heavy atom. The van der Waals surface area contributed by atoms with Crippen LogP contribution >= 0.6 is 31.9 Å². The zero-order valence-electron chi connectivity index (χ0n) is 17.2. The van der Waals surface area contributed by atoms with Gasteiger partial charge < -0.3 is 15.4 Å². The molecule has 0 atom stereocenters. The van der Waals surface area contributed by atoms with Crippen LogP contribution in [-0.4, -0.2) is 11.8 Å². The van der Waals surface area contributed by atoms with Crippen LogP contribution < -0.4 is 15.4 Å². The summed E-state index contributed by atoms with van der Waals surface area (Å²) in [5, 5.41) is 5.72. The highest BCUT2D eigenvalue weighted by Gasteiger charge is 2.08. The first-order valence-corrected chi connectivity index (χ1v) is 11.6. The molecular weight excluding hydrogens is 548 g/mol. The summed E-state index contributed by atoms with van der Waals surface area (Å²) in [6.07, 6.45) is 0. The first-order valence-electron chi connectivity index (χ1n) is 9.98. The van der Waals surface area contributed by atoms with Crippen LogP contribution in [0.4, 0.5) is 11.4 Å². The van der Waals surface area contributed by atoms with E-state index in [1.165, 1.54) is 0 Å². The minimum Gasteiger partial charge on any atom is -0.457 e. The maximum Gasteiger partial charge on any atom is 0.255 e. The molecule has 7 heteroatoms. The molecule has 0 unspecified atom stereocenters. The summed E-state index contributed by atoms with van der Waals surface area (Å²) in [7, 11) is 0. The predicted molar refractivity (Wildman–Crippen MR) is 137 cm³/mol. The van der Waals surface area contributed by atoms with E-state index in [2.05, 4.69) is 42.5 Å². The fourth-order valence-corrected chi connectivity index (χ4v) is 3.81. The van der Waals surface area contributed by atoms with Gasteiger partial charge in [-0.3, -0.25) is 9.59 Å². The van der Waals surface area contributed by atoms with E-state index in [0.29, 0.717) is 34.0 Å². The number of hydrogen-bond acceptors (Lipinski definition) is 3. The van der Waals surface area contributed by atoms with E-state index in [0.717, 1.165) is 8.95 Å². The fourth-order valence-electron chi connectivity index (χ4n) is 3.01. The molecule has 0 heterocycles. The van der Waals surface area contributed by atoms with Crippen molar-refractivity contribution >= 4 is 55.0 Å². The molecule has 2 amide bonds. The van der Waals surface area contributed by atoms with E-state index in [1.807, 2.05) is 24.3 Å². The number of hydrogen-bond donors (Lipinski definition) is 2. The van der Waals surface area contributed by atoms with Crippen molar-refractivity contribution < 1.29 is 14.3 Å². The van der Waals surface area contributed by atoms with Crippen molar-refractivity contribution in [2.45, 2.75) is 0 Å². The topological polar surface area (TPSA) is 67.4 Å². The fraction of sp³-hybridized carbons (Fsp3) is 0. The highest BCUT2D eigenvalue weighted by atomic mass is 79.9. The zero-order valence-corrected chi connectivity index (χ0v) is 20.4. The molecule has 0 bridgehead atoms. The molecule has 0 aliphatic heterocycles. The van der Waals surface area contributed by atoms with Crippen molar-refractivity contribution in [2.75, 3.05) is 10.6 Å². The van der Waals surface area contributed by atoms with Crippen molar-refractivity contribution in [3.8, 4) is 11.5 Å². The molecule has 0 saturated heterocycles. The number of carbonyl (C=O) groups excluding carboxylic acids is 2. The number of benzene rings is 4. The molecular formula is C26H18Br2N2O3. The first kappa shape index (κ1) is 22.8. The van der Waals surface area contributed by atoms with Gasteiger partial charge in [-0.15, -0.1) is 0 Å². The van der Waals surface area contributed by atoms with Crippen LogP contribution in [0.15, 0.2) is 106 Å². The van der Waals surface area contributed by atoms with Gasteiger partial charge in [0.25, 0.3) is 11.8 Å². The highest BCUT2D eigenvalue weighted by Crippen LogP contribution is 2.25. The number of halogens is 2. The summed E-state index contributed by atoms with van der Waals surface area (Å²) in [6, 6.07) is 28.6. The smallest absolute Gasteiger partial charge is 0.255 e. The van der Waals surface area contributed by atoms with E-state index < -0.39 is 0 Å². The Labute approximate surface area is 208 Å². The average molecular weight is 566 g/mol. The molecule has 0 fully saturated rings. The molecule has 4 aromatic rings. The molecule has 5 nitrogen and oxygen atoms in total. The average Bonchev–Trinajstić information content (AvgIpc) is 2.81. The van der Waals surface area contributed by atoms with Gasteiger partial charge in [-0.05, 0) is 84.9 Å². The van der Waals surface area contributed by atoms with E-state index in [-0.39, 0.29) is 11.8 Å². The van der Waals surface area contributed by atoms with E-state index in [9.17, 15) is 9.59 Å². The summed E-state index contributed by atoms with van der Waals surface area (Å²) in [5.41, 5.74) is 2.46. The number of anilines is 2. The van der Waals surface area contributed by atoms with Gasteiger partial charge in [0.15, 0.2) is 0 Å². The summed E-state index contributed by atoms with van der Waals surface area (Å²) in [4.78, 5) is 24.7. The molecule has 0 aromatic heterocycles. The Morgan fingerprint density at radius 3 is 1.33 bits per heavy atom. The first-order chi connectivity index (χ1) is 16.0. The maximum atomic E-state index is 12.4. The predicted octanol–water partition coefficient (Wildman–Crippen LogP) is 7.51. The van der Waals surface area contributed by atoms with Gasteiger partial charge in [0.05, 0.1) is 0 Å². The Hall–Kier alpha value is -3.42. The van der Waals surface area contributed by atoms with Crippen LogP contribution in [0.25, 0.3) is 0 Å². The second-order valence-electron chi connectivity index (χ2n) is 7.08. The van der Waals surface area contributed by atoms with Crippen molar-refractivity contribution in [2.24, 2.45) is 0 Å². The van der Waals surface area contributed by atoms with E-state index in [1.54, 1.807) is 72.8 Å². The molecule has 4 rings (SSSR count). The van der Waals surface area contributed by atoms with Gasteiger partial charge in [-0.2, -0.15) is 0 Å². The van der Waals surface area contributed by atoms with Crippen LogP contribution in [0.3, 0.4) is 0 Å². The lowest BCUT2D eigenvalue weighted by molar-refractivity contribution is 0.101. The van der Waals surface area contributed by atoms with Crippen LogP contribution in [0.5, 0.6) is 11.5 Å². The molecule has 2 N–H and O–H groups in total. The SMILES string of the molecule is O=C(Nc1ccc(Oc2ccc(NC(=O)c3cccc(Br)c3)cc2)cc1)c1cccc(Br)c1. The van der Waals surface area contributed by atoms with Gasteiger partial charge in [0.2, 0.25) is 0 Å². The van der Waals surface area contributed by atoms with E-state index >= 15 is 0 Å². The van der Waals surface area contributed by atoms with Crippen LogP contribution in [-0.2, 0) is 0 Å². The van der Waals surface area contributed by atoms with Gasteiger partial charge in [-0.25, -0.2) is 0 Å². The summed E-state index contributed by atoms with van der Waals surface area (Å²) in [5.74, 6) is 0.874.